The largest absolute Gasteiger partial charge is 0.416 e. The Kier molecular flexibility index (Phi) is 5.88. The van der Waals surface area contributed by atoms with Crippen molar-refractivity contribution in [1.82, 2.24) is 9.47 Å². The predicted molar refractivity (Wildman–Crippen MR) is 107 cm³/mol. The van der Waals surface area contributed by atoms with E-state index in [0.29, 0.717) is 5.69 Å². The Morgan fingerprint density at radius 1 is 1.03 bits per heavy atom. The SMILES string of the molecule is OC1CCCc2c1ccn2CCCN1CCN(c2cccc(C(F)(F)F)c2)CC1. The summed E-state index contributed by atoms with van der Waals surface area (Å²) in [6, 6.07) is 7.67. The van der Waals surface area contributed by atoms with Crippen LogP contribution in [0.1, 0.15) is 42.2 Å². The van der Waals surface area contributed by atoms with Crippen LogP contribution in [0.3, 0.4) is 0 Å². The van der Waals surface area contributed by atoms with Gasteiger partial charge in [-0.1, -0.05) is 6.07 Å². The Bertz CT molecular complexity index is 825. The molecule has 4 nitrogen and oxygen atoms in total. The second kappa shape index (κ2) is 8.40. The maximum Gasteiger partial charge on any atom is 0.416 e. The summed E-state index contributed by atoms with van der Waals surface area (Å²) in [7, 11) is 0. The highest BCUT2D eigenvalue weighted by Gasteiger charge is 2.31. The van der Waals surface area contributed by atoms with Crippen molar-refractivity contribution in [2.24, 2.45) is 0 Å². The van der Waals surface area contributed by atoms with Crippen molar-refractivity contribution in [2.45, 2.75) is 44.5 Å². The fourth-order valence-corrected chi connectivity index (χ4v) is 4.51. The van der Waals surface area contributed by atoms with Gasteiger partial charge in [0, 0.05) is 55.9 Å². The van der Waals surface area contributed by atoms with Gasteiger partial charge >= 0.3 is 6.18 Å². The lowest BCUT2D eigenvalue weighted by Gasteiger charge is -2.36. The molecule has 158 valence electrons. The Balaban J connectivity index is 1.26. The highest BCUT2D eigenvalue weighted by atomic mass is 19.4. The summed E-state index contributed by atoms with van der Waals surface area (Å²) in [6.07, 6.45) is 1.43. The lowest BCUT2D eigenvalue weighted by atomic mass is 9.95. The number of aromatic nitrogens is 1. The fourth-order valence-electron chi connectivity index (χ4n) is 4.51. The van der Waals surface area contributed by atoms with Gasteiger partial charge in [-0.2, -0.15) is 13.2 Å². The van der Waals surface area contributed by atoms with Gasteiger partial charge in [-0.05, 0) is 56.5 Å². The average Bonchev–Trinajstić information content (AvgIpc) is 3.13. The second-order valence-electron chi connectivity index (χ2n) is 8.05. The third-order valence-electron chi connectivity index (χ3n) is 6.15. The normalized spacial score (nSPS) is 20.7. The topological polar surface area (TPSA) is 31.6 Å². The van der Waals surface area contributed by atoms with E-state index in [2.05, 4.69) is 15.7 Å². The fraction of sp³-hybridized carbons (Fsp3) is 0.545. The van der Waals surface area contributed by atoms with Crippen LogP contribution in [0.25, 0.3) is 0 Å². The molecule has 1 atom stereocenters. The molecule has 1 N–H and O–H groups in total. The van der Waals surface area contributed by atoms with Crippen molar-refractivity contribution in [3.8, 4) is 0 Å². The van der Waals surface area contributed by atoms with Crippen LogP contribution >= 0.6 is 0 Å². The first-order valence-electron chi connectivity index (χ1n) is 10.4. The summed E-state index contributed by atoms with van der Waals surface area (Å²) < 4.78 is 41.1. The summed E-state index contributed by atoms with van der Waals surface area (Å²) >= 11 is 0. The van der Waals surface area contributed by atoms with Crippen LogP contribution in [0.5, 0.6) is 0 Å². The molecule has 2 aromatic rings. The van der Waals surface area contributed by atoms with E-state index in [1.165, 1.54) is 17.8 Å². The van der Waals surface area contributed by atoms with Gasteiger partial charge in [0.1, 0.15) is 0 Å². The highest BCUT2D eigenvalue weighted by Crippen LogP contribution is 2.32. The monoisotopic (exact) mass is 407 g/mol. The van der Waals surface area contributed by atoms with E-state index in [9.17, 15) is 18.3 Å². The molecule has 0 saturated carbocycles. The third kappa shape index (κ3) is 4.61. The van der Waals surface area contributed by atoms with Crippen molar-refractivity contribution >= 4 is 5.69 Å². The standard InChI is InChI=1S/C22H28F3N3O/c23-22(24,25)17-4-1-5-18(16-17)27-14-12-26(13-15-27)9-3-10-28-11-8-19-20(28)6-2-7-21(19)29/h1,4-5,8,11,16,21,29H,2-3,6-7,9-10,12-15H2. The summed E-state index contributed by atoms with van der Waals surface area (Å²) in [5, 5.41) is 10.1. The lowest BCUT2D eigenvalue weighted by Crippen LogP contribution is -2.46. The van der Waals surface area contributed by atoms with Gasteiger partial charge in [0.15, 0.2) is 0 Å². The van der Waals surface area contributed by atoms with Gasteiger partial charge in [0.25, 0.3) is 0 Å². The van der Waals surface area contributed by atoms with E-state index in [1.54, 1.807) is 6.07 Å². The van der Waals surface area contributed by atoms with Crippen molar-refractivity contribution in [3.63, 3.8) is 0 Å². The van der Waals surface area contributed by atoms with Gasteiger partial charge < -0.3 is 14.6 Å². The number of aryl methyl sites for hydroxylation is 1. The zero-order chi connectivity index (χ0) is 20.4. The number of aliphatic hydroxyl groups excluding tert-OH is 1. The molecule has 1 aliphatic heterocycles. The number of fused-ring (bicyclic) bond motifs is 1. The van der Waals surface area contributed by atoms with Crippen molar-refractivity contribution in [1.29, 1.82) is 0 Å². The molecule has 4 rings (SSSR count). The van der Waals surface area contributed by atoms with Crippen LogP contribution < -0.4 is 4.90 Å². The van der Waals surface area contributed by atoms with Crippen LogP contribution in [0, 0.1) is 0 Å². The summed E-state index contributed by atoms with van der Waals surface area (Å²) in [5.74, 6) is 0. The van der Waals surface area contributed by atoms with Crippen LogP contribution in [0.15, 0.2) is 36.5 Å². The molecule has 0 amide bonds. The molecular formula is C22H28F3N3O. The number of aliphatic hydroxyl groups is 1. The molecule has 1 fully saturated rings. The minimum atomic E-state index is -4.30. The first-order valence-corrected chi connectivity index (χ1v) is 10.4. The van der Waals surface area contributed by atoms with E-state index >= 15 is 0 Å². The molecule has 1 aliphatic carbocycles. The van der Waals surface area contributed by atoms with Crippen molar-refractivity contribution in [3.05, 3.63) is 53.3 Å². The van der Waals surface area contributed by atoms with Gasteiger partial charge in [-0.15, -0.1) is 0 Å². The van der Waals surface area contributed by atoms with E-state index < -0.39 is 11.7 Å². The molecule has 2 aliphatic rings. The minimum Gasteiger partial charge on any atom is -0.388 e. The van der Waals surface area contributed by atoms with E-state index in [1.807, 2.05) is 11.0 Å². The predicted octanol–water partition coefficient (Wildman–Crippen LogP) is 4.09. The number of benzene rings is 1. The molecule has 1 unspecified atom stereocenters. The van der Waals surface area contributed by atoms with Gasteiger partial charge in [-0.25, -0.2) is 0 Å². The van der Waals surface area contributed by atoms with Crippen molar-refractivity contribution < 1.29 is 18.3 Å². The number of hydrogen-bond donors (Lipinski definition) is 1. The summed E-state index contributed by atoms with van der Waals surface area (Å²) in [5.41, 5.74) is 2.43. The number of nitrogens with zero attached hydrogens (tertiary/aromatic N) is 3. The van der Waals surface area contributed by atoms with E-state index in [-0.39, 0.29) is 6.10 Å². The molecular weight excluding hydrogens is 379 g/mol. The maximum atomic E-state index is 12.9. The van der Waals surface area contributed by atoms with Crippen LogP contribution in [0.4, 0.5) is 18.9 Å². The number of hydrogen-bond acceptors (Lipinski definition) is 3. The second-order valence-corrected chi connectivity index (χ2v) is 8.05. The smallest absolute Gasteiger partial charge is 0.388 e. The summed E-state index contributed by atoms with van der Waals surface area (Å²) in [4.78, 5) is 4.42. The third-order valence-corrected chi connectivity index (χ3v) is 6.15. The van der Waals surface area contributed by atoms with Crippen LogP contribution in [-0.2, 0) is 19.1 Å². The molecule has 0 bridgehead atoms. The number of halogens is 3. The maximum absolute atomic E-state index is 12.9. The number of alkyl halides is 3. The van der Waals surface area contributed by atoms with Crippen molar-refractivity contribution in [2.75, 3.05) is 37.6 Å². The molecule has 0 radical (unpaired) electrons. The van der Waals surface area contributed by atoms with Crippen LogP contribution in [-0.4, -0.2) is 47.3 Å². The average molecular weight is 407 g/mol. The first kappa shape index (κ1) is 20.3. The molecule has 2 heterocycles. The molecule has 1 aromatic carbocycles. The zero-order valence-corrected chi connectivity index (χ0v) is 16.5. The molecule has 0 spiro atoms. The van der Waals surface area contributed by atoms with Gasteiger partial charge in [-0.3, -0.25) is 4.90 Å². The Hall–Kier alpha value is -1.99. The number of rotatable bonds is 5. The molecule has 1 saturated heterocycles. The number of anilines is 1. The Morgan fingerprint density at radius 2 is 1.83 bits per heavy atom. The minimum absolute atomic E-state index is 0.316. The molecule has 29 heavy (non-hydrogen) atoms. The van der Waals surface area contributed by atoms with Crippen LogP contribution in [0.2, 0.25) is 0 Å². The summed E-state index contributed by atoms with van der Waals surface area (Å²) in [6.45, 7) is 5.12. The van der Waals surface area contributed by atoms with E-state index in [4.69, 9.17) is 0 Å². The lowest BCUT2D eigenvalue weighted by molar-refractivity contribution is -0.137. The van der Waals surface area contributed by atoms with Gasteiger partial charge in [0.05, 0.1) is 11.7 Å². The van der Waals surface area contributed by atoms with Gasteiger partial charge in [0.2, 0.25) is 0 Å². The zero-order valence-electron chi connectivity index (χ0n) is 16.5. The molecule has 1 aromatic heterocycles. The molecule has 7 heteroatoms. The first-order chi connectivity index (χ1) is 13.9. The highest BCUT2D eigenvalue weighted by molar-refractivity contribution is 5.49. The Labute approximate surface area is 169 Å². The quantitative estimate of drug-likeness (QED) is 0.810. The number of piperazine rings is 1. The van der Waals surface area contributed by atoms with E-state index in [0.717, 1.165) is 76.6 Å². The Morgan fingerprint density at radius 3 is 2.59 bits per heavy atom.